The van der Waals surface area contributed by atoms with Crippen LogP contribution in [0.4, 0.5) is 0 Å². The Hall–Kier alpha value is 0.310. The largest absolute Gasteiger partial charge is 0.395 e. The Morgan fingerprint density at radius 2 is 2.43 bits per heavy atom. The second-order valence-electron chi connectivity index (χ2n) is 1.28. The SMILES string of the molecule is NCC(CO)NP. The van der Waals surface area contributed by atoms with Crippen molar-refractivity contribution in [2.45, 2.75) is 6.04 Å². The summed E-state index contributed by atoms with van der Waals surface area (Å²) >= 11 is 0. The Kier molecular flexibility index (Phi) is 4.67. The zero-order valence-corrected chi connectivity index (χ0v) is 5.25. The Bertz CT molecular complexity index is 34.4. The molecule has 2 unspecified atom stereocenters. The maximum atomic E-state index is 8.37. The predicted octanol–water partition coefficient (Wildman–Crippen LogP) is -1.31. The van der Waals surface area contributed by atoms with E-state index < -0.39 is 0 Å². The fourth-order valence-electron chi connectivity index (χ4n) is 0.195. The van der Waals surface area contributed by atoms with Gasteiger partial charge in [-0.1, -0.05) is 9.39 Å². The van der Waals surface area contributed by atoms with Gasteiger partial charge in [0.2, 0.25) is 0 Å². The smallest absolute Gasteiger partial charge is 0.0599 e. The second kappa shape index (κ2) is 4.47. The standard InChI is InChI=1S/C3H11N2OP/c4-1-3(2-6)5-7/h3,5-6H,1-2,4,7H2. The van der Waals surface area contributed by atoms with Crippen molar-refractivity contribution in [1.82, 2.24) is 5.09 Å². The van der Waals surface area contributed by atoms with Gasteiger partial charge in [0.25, 0.3) is 0 Å². The first kappa shape index (κ1) is 7.31. The summed E-state index contributed by atoms with van der Waals surface area (Å²) < 4.78 is 0. The van der Waals surface area contributed by atoms with E-state index in [1.165, 1.54) is 0 Å². The normalized spacial score (nSPS) is 14.1. The molecular weight excluding hydrogens is 111 g/mol. The van der Waals surface area contributed by atoms with Crippen LogP contribution in [0.1, 0.15) is 0 Å². The van der Waals surface area contributed by atoms with E-state index >= 15 is 0 Å². The fourth-order valence-corrected chi connectivity index (χ4v) is 0.437. The van der Waals surface area contributed by atoms with Crippen molar-refractivity contribution in [2.24, 2.45) is 5.73 Å². The highest BCUT2D eigenvalue weighted by molar-refractivity contribution is 7.13. The molecule has 2 atom stereocenters. The minimum Gasteiger partial charge on any atom is -0.395 e. The number of rotatable bonds is 3. The minimum atomic E-state index is 0.0324. The summed E-state index contributed by atoms with van der Waals surface area (Å²) in [6.07, 6.45) is 0. The van der Waals surface area contributed by atoms with Gasteiger partial charge in [-0.05, 0) is 0 Å². The summed E-state index contributed by atoms with van der Waals surface area (Å²) in [7, 11) is 2.29. The van der Waals surface area contributed by atoms with Crippen LogP contribution in [0.5, 0.6) is 0 Å². The third kappa shape index (κ3) is 2.94. The summed E-state index contributed by atoms with van der Waals surface area (Å²) in [5.41, 5.74) is 5.16. The molecule has 0 aromatic heterocycles. The molecule has 0 amide bonds. The van der Waals surface area contributed by atoms with Crippen LogP contribution < -0.4 is 10.8 Å². The lowest BCUT2D eigenvalue weighted by Crippen LogP contribution is -2.32. The molecule has 3 nitrogen and oxygen atoms in total. The lowest BCUT2D eigenvalue weighted by molar-refractivity contribution is 0.262. The first-order chi connectivity index (χ1) is 3.35. The van der Waals surface area contributed by atoms with Crippen molar-refractivity contribution < 1.29 is 5.11 Å². The summed E-state index contributed by atoms with van der Waals surface area (Å²) in [6, 6.07) is 0.0324. The molecule has 0 spiro atoms. The maximum absolute atomic E-state index is 8.37. The van der Waals surface area contributed by atoms with Crippen molar-refractivity contribution in [1.29, 1.82) is 0 Å². The Morgan fingerprint density at radius 3 is 2.43 bits per heavy atom. The van der Waals surface area contributed by atoms with Gasteiger partial charge in [-0.3, -0.25) is 5.09 Å². The van der Waals surface area contributed by atoms with Crippen LogP contribution in [0.15, 0.2) is 0 Å². The number of nitrogens with two attached hydrogens (primary N) is 1. The Labute approximate surface area is 45.5 Å². The van der Waals surface area contributed by atoms with Gasteiger partial charge in [0, 0.05) is 12.6 Å². The summed E-state index contributed by atoms with van der Waals surface area (Å²) in [5, 5.41) is 11.1. The lowest BCUT2D eigenvalue weighted by Gasteiger charge is -2.06. The van der Waals surface area contributed by atoms with E-state index in [-0.39, 0.29) is 12.6 Å². The molecule has 0 saturated carbocycles. The van der Waals surface area contributed by atoms with Crippen LogP contribution in [0.25, 0.3) is 0 Å². The Balaban J connectivity index is 2.99. The molecule has 0 rings (SSSR count). The molecule has 44 valence electrons. The molecule has 0 aliphatic heterocycles. The molecule has 0 bridgehead atoms. The molecule has 7 heavy (non-hydrogen) atoms. The van der Waals surface area contributed by atoms with E-state index in [1.807, 2.05) is 0 Å². The van der Waals surface area contributed by atoms with E-state index in [0.29, 0.717) is 6.54 Å². The van der Waals surface area contributed by atoms with E-state index in [9.17, 15) is 0 Å². The molecule has 0 aromatic rings. The van der Waals surface area contributed by atoms with Gasteiger partial charge in [-0.25, -0.2) is 0 Å². The van der Waals surface area contributed by atoms with E-state index in [4.69, 9.17) is 10.8 Å². The quantitative estimate of drug-likeness (QED) is 0.407. The van der Waals surface area contributed by atoms with Crippen molar-refractivity contribution >= 4 is 9.39 Å². The van der Waals surface area contributed by atoms with Crippen molar-refractivity contribution in [3.8, 4) is 0 Å². The van der Waals surface area contributed by atoms with Gasteiger partial charge in [0.1, 0.15) is 0 Å². The molecular formula is C3H11N2OP. The molecule has 0 aliphatic carbocycles. The number of nitrogens with one attached hydrogen (secondary N) is 1. The topological polar surface area (TPSA) is 58.3 Å². The molecule has 0 aliphatic rings. The van der Waals surface area contributed by atoms with Gasteiger partial charge in [0.15, 0.2) is 0 Å². The van der Waals surface area contributed by atoms with Gasteiger partial charge >= 0.3 is 0 Å². The highest BCUT2D eigenvalue weighted by Gasteiger charge is 1.96. The molecule has 0 aromatic carbocycles. The van der Waals surface area contributed by atoms with Crippen LogP contribution in [-0.4, -0.2) is 24.3 Å². The number of aliphatic hydroxyl groups excluding tert-OH is 1. The van der Waals surface area contributed by atoms with Crippen LogP contribution in [-0.2, 0) is 0 Å². The van der Waals surface area contributed by atoms with Crippen molar-refractivity contribution in [2.75, 3.05) is 13.2 Å². The molecule has 0 fully saturated rings. The first-order valence-corrected chi connectivity index (χ1v) is 2.70. The average molecular weight is 122 g/mol. The monoisotopic (exact) mass is 122 g/mol. The number of aliphatic hydroxyl groups is 1. The Morgan fingerprint density at radius 1 is 1.86 bits per heavy atom. The second-order valence-corrected chi connectivity index (χ2v) is 1.62. The summed E-state index contributed by atoms with van der Waals surface area (Å²) in [5.74, 6) is 0. The van der Waals surface area contributed by atoms with E-state index in [0.717, 1.165) is 0 Å². The number of hydrogen-bond acceptors (Lipinski definition) is 3. The highest BCUT2D eigenvalue weighted by atomic mass is 31.0. The molecule has 0 saturated heterocycles. The van der Waals surface area contributed by atoms with Gasteiger partial charge in [-0.15, -0.1) is 0 Å². The minimum absolute atomic E-state index is 0.0324. The zero-order valence-electron chi connectivity index (χ0n) is 4.09. The van der Waals surface area contributed by atoms with Gasteiger partial charge < -0.3 is 10.8 Å². The van der Waals surface area contributed by atoms with Gasteiger partial charge in [0.05, 0.1) is 6.61 Å². The maximum Gasteiger partial charge on any atom is 0.0599 e. The third-order valence-electron chi connectivity index (χ3n) is 0.741. The highest BCUT2D eigenvalue weighted by Crippen LogP contribution is 1.79. The van der Waals surface area contributed by atoms with Crippen LogP contribution in [0, 0.1) is 0 Å². The third-order valence-corrected chi connectivity index (χ3v) is 1.21. The van der Waals surface area contributed by atoms with Gasteiger partial charge in [-0.2, -0.15) is 0 Å². The molecule has 0 heterocycles. The molecule has 4 heteroatoms. The number of hydrogen-bond donors (Lipinski definition) is 3. The summed E-state index contributed by atoms with van der Waals surface area (Å²) in [6.45, 7) is 0.569. The van der Waals surface area contributed by atoms with Crippen LogP contribution in [0.2, 0.25) is 0 Å². The zero-order chi connectivity index (χ0) is 5.70. The predicted molar refractivity (Wildman–Crippen MR) is 32.8 cm³/mol. The molecule has 0 radical (unpaired) electrons. The summed E-state index contributed by atoms with van der Waals surface area (Å²) in [4.78, 5) is 0. The lowest BCUT2D eigenvalue weighted by atomic mass is 10.3. The van der Waals surface area contributed by atoms with Crippen molar-refractivity contribution in [3.63, 3.8) is 0 Å². The van der Waals surface area contributed by atoms with E-state index in [1.54, 1.807) is 0 Å². The average Bonchev–Trinajstić information content (AvgIpc) is 1.72. The fraction of sp³-hybridized carbons (Fsp3) is 1.00. The van der Waals surface area contributed by atoms with Crippen LogP contribution in [0.3, 0.4) is 0 Å². The van der Waals surface area contributed by atoms with E-state index in [2.05, 4.69) is 14.5 Å². The molecule has 4 N–H and O–H groups in total. The van der Waals surface area contributed by atoms with Crippen LogP contribution >= 0.6 is 9.39 Å². The van der Waals surface area contributed by atoms with Crippen molar-refractivity contribution in [3.05, 3.63) is 0 Å². The first-order valence-electron chi connectivity index (χ1n) is 2.12.